The molecule has 4 aromatic heterocycles. The summed E-state index contributed by atoms with van der Waals surface area (Å²) in [5.41, 5.74) is 13.6. The van der Waals surface area contributed by atoms with Crippen molar-refractivity contribution in [2.45, 2.75) is 19.6 Å². The van der Waals surface area contributed by atoms with Gasteiger partial charge in [0.05, 0.1) is 80.0 Å². The van der Waals surface area contributed by atoms with E-state index in [1.165, 1.54) is 62.7 Å². The average molecular weight is 905 g/mol. The number of hydrogen-bond acceptors (Lipinski definition) is 6. The van der Waals surface area contributed by atoms with Crippen LogP contribution in [-0.2, 0) is 0 Å². The highest BCUT2D eigenvalue weighted by molar-refractivity contribution is 8.00. The highest BCUT2D eigenvalue weighted by Crippen LogP contribution is 2.60. The average Bonchev–Trinajstić information content (AvgIpc) is 3.90. The maximum absolute atomic E-state index is 4.58. The van der Waals surface area contributed by atoms with Crippen LogP contribution in [0.4, 0.5) is 34.1 Å². The van der Waals surface area contributed by atoms with Gasteiger partial charge in [0.15, 0.2) is 0 Å². The minimum atomic E-state index is 1.03. The normalized spacial score (nSPS) is 13.1. The Bertz CT molecular complexity index is 3910. The molecule has 0 saturated heterocycles. The van der Waals surface area contributed by atoms with Crippen LogP contribution < -0.4 is 9.80 Å². The van der Waals surface area contributed by atoms with E-state index in [-0.39, 0.29) is 0 Å². The van der Waals surface area contributed by atoms with Crippen LogP contribution in [0, 0.1) is 0 Å². The molecule has 2 aliphatic heterocycles. The van der Waals surface area contributed by atoms with Gasteiger partial charge in [-0.15, -0.1) is 0 Å². The minimum absolute atomic E-state index is 1.03. The van der Waals surface area contributed by atoms with Crippen molar-refractivity contribution >= 4 is 123 Å². The first kappa shape index (κ1) is 37.9. The van der Waals surface area contributed by atoms with Gasteiger partial charge in [-0.25, -0.2) is 0 Å². The summed E-state index contributed by atoms with van der Waals surface area (Å²) in [7, 11) is 0. The molecule has 6 nitrogen and oxygen atoms in total. The van der Waals surface area contributed by atoms with Gasteiger partial charge in [0.2, 0.25) is 0 Å². The Morgan fingerprint density at radius 1 is 0.294 bits per heavy atom. The molecule has 13 aromatic rings. The maximum Gasteiger partial charge on any atom is 0.0645 e. The van der Waals surface area contributed by atoms with E-state index in [9.17, 15) is 0 Å². The van der Waals surface area contributed by atoms with Gasteiger partial charge in [-0.1, -0.05) is 133 Å². The molecule has 0 aliphatic carbocycles. The SMILES string of the molecule is c1cncc(-n2c3ccccc3c3cc4c(cc32)N(c2c3ccccc3c(N3c5ccccc5Sc5cc6c7ccccc7n(-c7cccnc7)c6cc53)c3ccccc23)c2ccccc2S4)c1. The monoisotopic (exact) mass is 904 g/mol. The van der Waals surface area contributed by atoms with Crippen molar-refractivity contribution in [1.29, 1.82) is 0 Å². The second-order valence-corrected chi connectivity index (χ2v) is 19.6. The van der Waals surface area contributed by atoms with Crippen LogP contribution >= 0.6 is 23.5 Å². The summed E-state index contributed by atoms with van der Waals surface area (Å²) >= 11 is 3.71. The molecule has 6 heterocycles. The van der Waals surface area contributed by atoms with Gasteiger partial charge < -0.3 is 18.9 Å². The summed E-state index contributed by atoms with van der Waals surface area (Å²) in [6, 6.07) is 71.3. The molecule has 0 fully saturated rings. The number of para-hydroxylation sites is 4. The van der Waals surface area contributed by atoms with Gasteiger partial charge in [0.1, 0.15) is 0 Å². The Morgan fingerprint density at radius 2 is 0.676 bits per heavy atom. The number of pyridine rings is 2. The van der Waals surface area contributed by atoms with E-state index in [0.29, 0.717) is 0 Å². The van der Waals surface area contributed by atoms with Crippen molar-refractivity contribution in [3.63, 3.8) is 0 Å². The van der Waals surface area contributed by atoms with Crippen molar-refractivity contribution in [1.82, 2.24) is 19.1 Å². The van der Waals surface area contributed by atoms with Crippen LogP contribution in [0.15, 0.2) is 238 Å². The first-order valence-electron chi connectivity index (χ1n) is 22.8. The van der Waals surface area contributed by atoms with Gasteiger partial charge in [-0.05, 0) is 84.9 Å². The molecule has 0 amide bonds. The highest BCUT2D eigenvalue weighted by Gasteiger charge is 2.34. The van der Waals surface area contributed by atoms with Crippen molar-refractivity contribution < 1.29 is 0 Å². The maximum atomic E-state index is 4.58. The third kappa shape index (κ3) is 5.38. The summed E-state index contributed by atoms with van der Waals surface area (Å²) in [5.74, 6) is 0. The number of fused-ring (bicyclic) bond motifs is 12. The van der Waals surface area contributed by atoms with Gasteiger partial charge in [0, 0.05) is 75.1 Å². The molecule has 0 atom stereocenters. The Labute approximate surface area is 399 Å². The summed E-state index contributed by atoms with van der Waals surface area (Å²) in [6.07, 6.45) is 7.62. The van der Waals surface area contributed by atoms with E-state index in [1.807, 2.05) is 60.4 Å². The third-order valence-corrected chi connectivity index (χ3v) is 16.0. The summed E-state index contributed by atoms with van der Waals surface area (Å²) in [5, 5.41) is 9.56. The van der Waals surface area contributed by atoms with E-state index < -0.39 is 0 Å². The minimum Gasteiger partial charge on any atom is -0.308 e. The number of nitrogens with zero attached hydrogens (tertiary/aromatic N) is 6. The van der Waals surface area contributed by atoms with Crippen LogP contribution in [0.2, 0.25) is 0 Å². The number of aromatic nitrogens is 4. The Morgan fingerprint density at radius 3 is 1.09 bits per heavy atom. The molecule has 0 bridgehead atoms. The smallest absolute Gasteiger partial charge is 0.0645 e. The topological polar surface area (TPSA) is 42.1 Å². The third-order valence-electron chi connectivity index (χ3n) is 13.8. The molecule has 318 valence electrons. The van der Waals surface area contributed by atoms with Crippen LogP contribution in [0.25, 0.3) is 76.5 Å². The Kier molecular flexibility index (Phi) is 8.13. The summed E-state index contributed by atoms with van der Waals surface area (Å²) < 4.78 is 4.74. The molecule has 15 rings (SSSR count). The van der Waals surface area contributed by atoms with Gasteiger partial charge >= 0.3 is 0 Å². The van der Waals surface area contributed by atoms with Crippen LogP contribution in [0.5, 0.6) is 0 Å². The predicted octanol–water partition coefficient (Wildman–Crippen LogP) is 16.8. The molecule has 0 radical (unpaired) electrons. The molecule has 0 unspecified atom stereocenters. The molecule has 0 saturated carbocycles. The molecule has 0 N–H and O–H groups in total. The molecule has 8 heteroatoms. The number of benzene rings is 9. The largest absolute Gasteiger partial charge is 0.308 e. The lowest BCUT2D eigenvalue weighted by atomic mass is 9.95. The Balaban J connectivity index is 1.04. The highest BCUT2D eigenvalue weighted by atomic mass is 32.2. The van der Waals surface area contributed by atoms with Crippen LogP contribution in [0.3, 0.4) is 0 Å². The molecular formula is C60H36N6S2. The van der Waals surface area contributed by atoms with E-state index >= 15 is 0 Å². The lowest BCUT2D eigenvalue weighted by Gasteiger charge is -2.37. The molecule has 68 heavy (non-hydrogen) atoms. The lowest BCUT2D eigenvalue weighted by Crippen LogP contribution is -2.18. The lowest BCUT2D eigenvalue weighted by molar-refractivity contribution is 1.13. The molecule has 2 aliphatic rings. The fourth-order valence-corrected chi connectivity index (χ4v) is 13.2. The number of rotatable bonds is 4. The number of hydrogen-bond donors (Lipinski definition) is 0. The summed E-state index contributed by atoms with van der Waals surface area (Å²) in [4.78, 5) is 19.1. The quantitative estimate of drug-likeness (QED) is 0.164. The Hall–Kier alpha value is -8.30. The van der Waals surface area contributed by atoms with E-state index in [2.05, 4.69) is 211 Å². The van der Waals surface area contributed by atoms with Gasteiger partial charge in [-0.2, -0.15) is 0 Å². The molecule has 0 spiro atoms. The first-order chi connectivity index (χ1) is 33.8. The van der Waals surface area contributed by atoms with Crippen molar-refractivity contribution in [3.8, 4) is 11.4 Å². The van der Waals surface area contributed by atoms with E-state index in [1.54, 1.807) is 0 Å². The van der Waals surface area contributed by atoms with Crippen LogP contribution in [-0.4, -0.2) is 19.1 Å². The second-order valence-electron chi connectivity index (χ2n) is 17.4. The van der Waals surface area contributed by atoms with E-state index in [4.69, 9.17) is 0 Å². The van der Waals surface area contributed by atoms with Gasteiger partial charge in [-0.3, -0.25) is 9.97 Å². The zero-order chi connectivity index (χ0) is 44.5. The van der Waals surface area contributed by atoms with Crippen molar-refractivity contribution in [2.75, 3.05) is 9.80 Å². The molecular weight excluding hydrogens is 869 g/mol. The van der Waals surface area contributed by atoms with Crippen LogP contribution in [0.1, 0.15) is 0 Å². The first-order valence-corrected chi connectivity index (χ1v) is 24.4. The van der Waals surface area contributed by atoms with Crippen molar-refractivity contribution in [2.24, 2.45) is 0 Å². The fourth-order valence-electron chi connectivity index (χ4n) is 11.0. The standard InChI is InChI=1S/C60H36N6S2/c1-2-20-42-41(19-1)59(65-49-25-9-11-27-55(49)67-57-31-45-39-17-5-7-23-47(39)63(51(45)33-53(57)65)37-15-13-29-61-35-37)43-21-3-4-22-44(43)60(42)66-50-26-10-12-28-56(50)68-58-32-46-40-18-6-8-24-48(40)64(52(46)34-54(58)66)38-16-14-30-62-36-38/h1-36H. The zero-order valence-corrected chi connectivity index (χ0v) is 37.9. The van der Waals surface area contributed by atoms with Crippen molar-refractivity contribution in [3.05, 3.63) is 219 Å². The van der Waals surface area contributed by atoms with Gasteiger partial charge in [0.25, 0.3) is 0 Å². The fraction of sp³-hybridized carbons (Fsp3) is 0. The zero-order valence-electron chi connectivity index (χ0n) is 36.3. The second kappa shape index (κ2) is 14.6. The predicted molar refractivity (Wildman–Crippen MR) is 283 cm³/mol. The number of anilines is 6. The van der Waals surface area contributed by atoms with E-state index in [0.717, 1.165) is 67.6 Å². The molecule has 9 aromatic carbocycles. The summed E-state index contributed by atoms with van der Waals surface area (Å²) in [6.45, 7) is 0.